The maximum absolute atomic E-state index is 12.7. The molecule has 0 atom stereocenters. The molecule has 1 aliphatic rings. The zero-order valence-corrected chi connectivity index (χ0v) is 22.2. The first kappa shape index (κ1) is 26.1. The van der Waals surface area contributed by atoms with Gasteiger partial charge in [-0.1, -0.05) is 6.07 Å². The topological polar surface area (TPSA) is 185 Å². The molecular weight excluding hydrogens is 532 g/mol. The highest BCUT2D eigenvalue weighted by Gasteiger charge is 2.25. The number of rotatable bonds is 8. The minimum Gasteiger partial charge on any atom is -0.383 e. The first-order chi connectivity index (χ1) is 18.0. The molecular formula is C23H28N8O5S2. The molecule has 1 aromatic carbocycles. The molecule has 0 amide bonds. The van der Waals surface area contributed by atoms with Crippen molar-refractivity contribution in [2.75, 3.05) is 36.5 Å². The van der Waals surface area contributed by atoms with E-state index in [1.807, 2.05) is 6.07 Å². The van der Waals surface area contributed by atoms with Gasteiger partial charge in [0.2, 0.25) is 16.0 Å². The highest BCUT2D eigenvalue weighted by Crippen LogP contribution is 2.22. The Balaban J connectivity index is 1.29. The summed E-state index contributed by atoms with van der Waals surface area (Å²) in [7, 11) is -7.04. The number of aromatic nitrogens is 4. The molecule has 0 bridgehead atoms. The fourth-order valence-corrected chi connectivity index (χ4v) is 5.96. The summed E-state index contributed by atoms with van der Waals surface area (Å²) in [5.41, 5.74) is 1.64. The Morgan fingerprint density at radius 2 is 1.82 bits per heavy atom. The van der Waals surface area contributed by atoms with E-state index in [2.05, 4.69) is 25.6 Å². The van der Waals surface area contributed by atoms with E-state index < -0.39 is 20.0 Å². The Hall–Kier alpha value is -3.53. The van der Waals surface area contributed by atoms with Crippen molar-refractivity contribution in [1.82, 2.24) is 23.8 Å². The third-order valence-electron chi connectivity index (χ3n) is 6.55. The van der Waals surface area contributed by atoms with Crippen molar-refractivity contribution < 1.29 is 16.8 Å². The van der Waals surface area contributed by atoms with Crippen LogP contribution in [0.15, 0.2) is 52.4 Å². The Morgan fingerprint density at radius 3 is 2.53 bits per heavy atom. The van der Waals surface area contributed by atoms with Gasteiger partial charge < -0.3 is 15.6 Å². The van der Waals surface area contributed by atoms with Gasteiger partial charge in [0.05, 0.1) is 6.26 Å². The van der Waals surface area contributed by atoms with E-state index in [0.29, 0.717) is 66.9 Å². The lowest BCUT2D eigenvalue weighted by Gasteiger charge is -2.30. The van der Waals surface area contributed by atoms with Crippen molar-refractivity contribution in [3.8, 4) is 0 Å². The average molecular weight is 561 g/mol. The summed E-state index contributed by atoms with van der Waals surface area (Å²) in [6.07, 6.45) is 4.12. The number of nitrogens with one attached hydrogen (secondary N) is 3. The SMILES string of the molecule is CS(=O)(=O)N1CCC(Nc2ncc3ccc(=O)n(CCNc4ccc5cc(S(N)(=O)=O)[nH]c5c4)c3n2)CC1. The van der Waals surface area contributed by atoms with Crippen molar-refractivity contribution >= 4 is 53.6 Å². The molecule has 1 fully saturated rings. The third-order valence-corrected chi connectivity index (χ3v) is 8.68. The zero-order valence-electron chi connectivity index (χ0n) is 20.6. The number of nitrogens with two attached hydrogens (primary N) is 1. The molecule has 38 heavy (non-hydrogen) atoms. The second-order valence-electron chi connectivity index (χ2n) is 9.28. The monoisotopic (exact) mass is 560 g/mol. The summed E-state index contributed by atoms with van der Waals surface area (Å²) in [4.78, 5) is 24.5. The van der Waals surface area contributed by atoms with Crippen LogP contribution in [0.3, 0.4) is 0 Å². The van der Waals surface area contributed by atoms with Crippen molar-refractivity contribution in [2.45, 2.75) is 30.5 Å². The number of benzene rings is 1. The normalized spacial score (nSPS) is 15.7. The van der Waals surface area contributed by atoms with Gasteiger partial charge in [0.1, 0.15) is 10.7 Å². The molecule has 1 aliphatic heterocycles. The van der Waals surface area contributed by atoms with Crippen LogP contribution in [0.4, 0.5) is 11.6 Å². The van der Waals surface area contributed by atoms with Crippen molar-refractivity contribution in [2.24, 2.45) is 5.14 Å². The number of hydrogen-bond acceptors (Lipinski definition) is 9. The number of piperidine rings is 1. The minimum atomic E-state index is -3.84. The van der Waals surface area contributed by atoms with Crippen molar-refractivity contribution in [3.05, 3.63) is 52.9 Å². The van der Waals surface area contributed by atoms with Crippen LogP contribution in [-0.2, 0) is 26.6 Å². The largest absolute Gasteiger partial charge is 0.383 e. The standard InChI is InChI=1S/C23H28N8O5S2/c1-37(33,34)30-9-6-17(7-10-30)27-23-26-14-16-3-5-21(32)31(22(16)29-23)11-8-25-18-4-2-15-12-20(38(24,35)36)28-19(15)13-18/h2-5,12-14,17,25,28H,6-11H2,1H3,(H2,24,35,36)(H,26,27,29). The Labute approximate surface area is 219 Å². The summed E-state index contributed by atoms with van der Waals surface area (Å²) in [6, 6.07) is 10.0. The number of sulfonamides is 2. The van der Waals surface area contributed by atoms with Gasteiger partial charge in [0, 0.05) is 66.5 Å². The second-order valence-corrected chi connectivity index (χ2v) is 12.8. The molecule has 13 nitrogen and oxygen atoms in total. The first-order valence-electron chi connectivity index (χ1n) is 11.9. The maximum Gasteiger partial charge on any atom is 0.253 e. The van der Waals surface area contributed by atoms with Crippen molar-refractivity contribution in [3.63, 3.8) is 0 Å². The number of fused-ring (bicyclic) bond motifs is 2. The van der Waals surface area contributed by atoms with E-state index >= 15 is 0 Å². The van der Waals surface area contributed by atoms with Crippen LogP contribution in [0.2, 0.25) is 0 Å². The molecule has 0 radical (unpaired) electrons. The quantitative estimate of drug-likeness (QED) is 0.243. The molecule has 0 unspecified atom stereocenters. The number of pyridine rings is 1. The van der Waals surface area contributed by atoms with E-state index in [-0.39, 0.29) is 16.6 Å². The molecule has 0 saturated carbocycles. The van der Waals surface area contributed by atoms with Gasteiger partial charge in [0.25, 0.3) is 15.6 Å². The van der Waals surface area contributed by atoms with Crippen LogP contribution in [0.1, 0.15) is 12.8 Å². The molecule has 0 spiro atoms. The van der Waals surface area contributed by atoms with E-state index in [1.165, 1.54) is 22.7 Å². The van der Waals surface area contributed by atoms with Crippen LogP contribution in [0.25, 0.3) is 21.9 Å². The van der Waals surface area contributed by atoms with Crippen molar-refractivity contribution in [1.29, 1.82) is 0 Å². The number of nitrogens with zero attached hydrogens (tertiary/aromatic N) is 4. The van der Waals surface area contributed by atoms with Gasteiger partial charge in [-0.25, -0.2) is 31.3 Å². The summed E-state index contributed by atoms with van der Waals surface area (Å²) < 4.78 is 49.7. The average Bonchev–Trinajstić information content (AvgIpc) is 3.30. The van der Waals surface area contributed by atoms with Gasteiger partial charge in [-0.2, -0.15) is 4.98 Å². The number of anilines is 2. The molecule has 4 aromatic rings. The Morgan fingerprint density at radius 1 is 1.08 bits per heavy atom. The zero-order chi connectivity index (χ0) is 27.1. The molecule has 202 valence electrons. The summed E-state index contributed by atoms with van der Waals surface area (Å²) in [6.45, 7) is 1.59. The Bertz CT molecular complexity index is 1770. The van der Waals surface area contributed by atoms with Gasteiger partial charge in [0.15, 0.2) is 0 Å². The minimum absolute atomic E-state index is 0.0219. The lowest BCUT2D eigenvalue weighted by Crippen LogP contribution is -2.42. The third kappa shape index (κ3) is 5.65. The second kappa shape index (κ2) is 9.98. The number of aromatic amines is 1. The van der Waals surface area contributed by atoms with Crippen LogP contribution >= 0.6 is 0 Å². The summed E-state index contributed by atoms with van der Waals surface area (Å²) >= 11 is 0. The molecule has 3 aromatic heterocycles. The van der Waals surface area contributed by atoms with Crippen LogP contribution in [0, 0.1) is 0 Å². The summed E-state index contributed by atoms with van der Waals surface area (Å²) in [5.74, 6) is 0.380. The number of H-pyrrole nitrogens is 1. The van der Waals surface area contributed by atoms with Crippen LogP contribution < -0.4 is 21.3 Å². The Kier molecular flexibility index (Phi) is 6.85. The molecule has 1 saturated heterocycles. The molecule has 15 heteroatoms. The molecule has 5 rings (SSSR count). The van der Waals surface area contributed by atoms with E-state index in [0.717, 1.165) is 5.69 Å². The predicted octanol–water partition coefficient (Wildman–Crippen LogP) is 0.868. The van der Waals surface area contributed by atoms with E-state index in [1.54, 1.807) is 29.0 Å². The van der Waals surface area contributed by atoms with E-state index in [9.17, 15) is 21.6 Å². The highest BCUT2D eigenvalue weighted by molar-refractivity contribution is 7.89. The number of primary sulfonamides is 1. The maximum atomic E-state index is 12.7. The fraction of sp³-hybridized carbons (Fsp3) is 0.348. The molecule has 5 N–H and O–H groups in total. The molecule has 4 heterocycles. The number of hydrogen-bond donors (Lipinski definition) is 4. The highest BCUT2D eigenvalue weighted by atomic mass is 32.2. The van der Waals surface area contributed by atoms with Gasteiger partial charge in [-0.05, 0) is 37.1 Å². The van der Waals surface area contributed by atoms with Gasteiger partial charge in [-0.3, -0.25) is 9.36 Å². The van der Waals surface area contributed by atoms with Gasteiger partial charge >= 0.3 is 0 Å². The van der Waals surface area contributed by atoms with Crippen LogP contribution in [0.5, 0.6) is 0 Å². The van der Waals surface area contributed by atoms with Gasteiger partial charge in [-0.15, -0.1) is 0 Å². The van der Waals surface area contributed by atoms with Crippen LogP contribution in [-0.4, -0.2) is 72.6 Å². The van der Waals surface area contributed by atoms with E-state index in [4.69, 9.17) is 5.14 Å². The lowest BCUT2D eigenvalue weighted by molar-refractivity contribution is 0.331. The molecule has 0 aliphatic carbocycles. The predicted molar refractivity (Wildman–Crippen MR) is 145 cm³/mol. The lowest BCUT2D eigenvalue weighted by atomic mass is 10.1. The fourth-order valence-electron chi connectivity index (χ4n) is 4.55. The smallest absolute Gasteiger partial charge is 0.253 e. The summed E-state index contributed by atoms with van der Waals surface area (Å²) in [5, 5.41) is 13.1. The first-order valence-corrected chi connectivity index (χ1v) is 15.3.